The topological polar surface area (TPSA) is 82.9 Å². The Labute approximate surface area is 135 Å². The van der Waals surface area contributed by atoms with Gasteiger partial charge in [0.05, 0.1) is 5.69 Å². The van der Waals surface area contributed by atoms with Gasteiger partial charge in [0.2, 0.25) is 5.91 Å². The smallest absolute Gasteiger partial charge is 0.244 e. The number of anilines is 1. The van der Waals surface area contributed by atoms with Gasteiger partial charge in [0.15, 0.2) is 4.77 Å². The van der Waals surface area contributed by atoms with E-state index in [2.05, 4.69) is 31.4 Å². The fourth-order valence-corrected chi connectivity index (χ4v) is 2.44. The summed E-state index contributed by atoms with van der Waals surface area (Å²) < 4.78 is 2.80. The van der Waals surface area contributed by atoms with Gasteiger partial charge in [-0.2, -0.15) is 5.10 Å². The highest BCUT2D eigenvalue weighted by Crippen LogP contribution is 2.26. The number of carbonyl (C=O) groups excluding carboxylic acids is 1. The number of nitrogens with zero attached hydrogens (tertiary/aromatic N) is 2. The number of aromatic amines is 1. The number of nitrogens with one attached hydrogen (secondary N) is 2. The molecule has 3 N–H and O–H groups in total. The Balaban J connectivity index is 2.12. The number of hydrogen-bond donors (Lipinski definition) is 3. The van der Waals surface area contributed by atoms with Crippen molar-refractivity contribution in [2.24, 2.45) is 0 Å². The van der Waals surface area contributed by atoms with Crippen LogP contribution in [-0.4, -0.2) is 25.8 Å². The summed E-state index contributed by atoms with van der Waals surface area (Å²) in [6.45, 7) is 2.09. The number of H-pyrrole nitrogens is 1. The van der Waals surface area contributed by atoms with Crippen LogP contribution in [0.3, 0.4) is 0 Å². The molecule has 2 aromatic rings. The second kappa shape index (κ2) is 6.86. The van der Waals surface area contributed by atoms with Crippen molar-refractivity contribution in [3.05, 3.63) is 33.3 Å². The second-order valence-corrected chi connectivity index (χ2v) is 5.79. The van der Waals surface area contributed by atoms with E-state index in [-0.39, 0.29) is 18.2 Å². The molecule has 112 valence electrons. The van der Waals surface area contributed by atoms with E-state index in [4.69, 9.17) is 12.2 Å². The average molecular weight is 371 g/mol. The summed E-state index contributed by atoms with van der Waals surface area (Å²) in [6, 6.07) is 4.88. The maximum absolute atomic E-state index is 12.1. The molecule has 6 nitrogen and oxygen atoms in total. The van der Waals surface area contributed by atoms with E-state index in [9.17, 15) is 9.90 Å². The summed E-state index contributed by atoms with van der Waals surface area (Å²) in [4.78, 5) is 12.1. The van der Waals surface area contributed by atoms with Crippen LogP contribution in [0, 0.1) is 4.77 Å². The van der Waals surface area contributed by atoms with Crippen LogP contribution in [0.2, 0.25) is 0 Å². The molecule has 0 aliphatic rings. The van der Waals surface area contributed by atoms with Crippen molar-refractivity contribution in [2.45, 2.75) is 26.3 Å². The predicted octanol–water partition coefficient (Wildman–Crippen LogP) is 3.00. The van der Waals surface area contributed by atoms with Gasteiger partial charge in [-0.1, -0.05) is 22.9 Å². The van der Waals surface area contributed by atoms with Gasteiger partial charge < -0.3 is 10.4 Å². The molecule has 0 bridgehead atoms. The van der Waals surface area contributed by atoms with Gasteiger partial charge >= 0.3 is 0 Å². The maximum atomic E-state index is 12.1. The molecule has 1 aromatic carbocycles. The van der Waals surface area contributed by atoms with Crippen molar-refractivity contribution in [1.29, 1.82) is 0 Å². The molecule has 1 heterocycles. The Morgan fingerprint density at radius 2 is 2.33 bits per heavy atom. The minimum absolute atomic E-state index is 0.00213. The zero-order chi connectivity index (χ0) is 15.4. The van der Waals surface area contributed by atoms with Crippen LogP contribution in [0.15, 0.2) is 22.7 Å². The largest absolute Gasteiger partial charge is 0.506 e. The fourth-order valence-electron chi connectivity index (χ4n) is 1.87. The SMILES string of the molecule is CCCc1n[nH]c(=S)n1CC(=O)Nc1ccc(Br)cc1O. The van der Waals surface area contributed by atoms with Gasteiger partial charge in [-0.15, -0.1) is 0 Å². The van der Waals surface area contributed by atoms with Gasteiger partial charge in [0.1, 0.15) is 18.1 Å². The molecule has 0 fully saturated rings. The van der Waals surface area contributed by atoms with Crippen molar-refractivity contribution in [3.8, 4) is 5.75 Å². The summed E-state index contributed by atoms with van der Waals surface area (Å²) >= 11 is 8.37. The molecule has 1 aromatic heterocycles. The number of halogens is 1. The lowest BCUT2D eigenvalue weighted by Gasteiger charge is -2.09. The lowest BCUT2D eigenvalue weighted by molar-refractivity contribution is -0.116. The summed E-state index contributed by atoms with van der Waals surface area (Å²) in [5.41, 5.74) is 0.357. The van der Waals surface area contributed by atoms with Gasteiger partial charge in [0.25, 0.3) is 0 Å². The Bertz CT molecular complexity index is 710. The van der Waals surface area contributed by atoms with Crippen LogP contribution in [0.25, 0.3) is 0 Å². The van der Waals surface area contributed by atoms with Crippen LogP contribution in [0.4, 0.5) is 5.69 Å². The quantitative estimate of drug-likeness (QED) is 0.557. The number of phenols is 1. The van der Waals surface area contributed by atoms with E-state index >= 15 is 0 Å². The van der Waals surface area contributed by atoms with Crippen LogP contribution < -0.4 is 5.32 Å². The number of aryl methyl sites for hydroxylation is 1. The lowest BCUT2D eigenvalue weighted by Crippen LogP contribution is -2.20. The summed E-state index contributed by atoms with van der Waals surface area (Å²) in [6.07, 6.45) is 1.65. The molecule has 0 saturated heterocycles. The molecule has 2 rings (SSSR count). The zero-order valence-electron chi connectivity index (χ0n) is 11.4. The van der Waals surface area contributed by atoms with E-state index in [0.29, 0.717) is 10.5 Å². The molecule has 0 aliphatic heterocycles. The Morgan fingerprint density at radius 1 is 1.57 bits per heavy atom. The van der Waals surface area contributed by atoms with Crippen molar-refractivity contribution in [1.82, 2.24) is 14.8 Å². The average Bonchev–Trinajstić information content (AvgIpc) is 2.75. The Morgan fingerprint density at radius 3 is 3.00 bits per heavy atom. The highest BCUT2D eigenvalue weighted by molar-refractivity contribution is 9.10. The number of aromatic hydroxyl groups is 1. The molecule has 0 spiro atoms. The van der Waals surface area contributed by atoms with Crippen LogP contribution in [0.1, 0.15) is 19.2 Å². The number of hydrogen-bond acceptors (Lipinski definition) is 4. The molecule has 8 heteroatoms. The number of amides is 1. The normalized spacial score (nSPS) is 10.6. The zero-order valence-corrected chi connectivity index (χ0v) is 13.8. The summed E-state index contributed by atoms with van der Waals surface area (Å²) in [5.74, 6) is 0.474. The predicted molar refractivity (Wildman–Crippen MR) is 85.8 cm³/mol. The van der Waals surface area contributed by atoms with Gasteiger partial charge in [-0.3, -0.25) is 14.5 Å². The van der Waals surface area contributed by atoms with Crippen molar-refractivity contribution in [3.63, 3.8) is 0 Å². The monoisotopic (exact) mass is 370 g/mol. The van der Waals surface area contributed by atoms with Crippen LogP contribution >= 0.6 is 28.1 Å². The van der Waals surface area contributed by atoms with E-state index in [1.54, 1.807) is 16.7 Å². The number of phenolic OH excluding ortho intramolecular Hbond substituents is 1. The number of rotatable bonds is 5. The van der Waals surface area contributed by atoms with Gasteiger partial charge in [-0.25, -0.2) is 0 Å². The van der Waals surface area contributed by atoms with Crippen molar-refractivity contribution >= 4 is 39.7 Å². The van der Waals surface area contributed by atoms with E-state index in [1.165, 1.54) is 6.07 Å². The third-order valence-corrected chi connectivity index (χ3v) is 3.65. The molecule has 1 amide bonds. The second-order valence-electron chi connectivity index (χ2n) is 4.49. The van der Waals surface area contributed by atoms with Crippen molar-refractivity contribution < 1.29 is 9.90 Å². The third-order valence-electron chi connectivity index (χ3n) is 2.85. The standard InChI is InChI=1S/C13H15BrN4O2S/c1-2-3-11-16-17-13(21)18(11)7-12(20)15-9-5-4-8(14)6-10(9)19/h4-6,19H,2-3,7H2,1H3,(H,15,20)(H,17,21). The van der Waals surface area contributed by atoms with E-state index in [1.807, 2.05) is 6.92 Å². The Kier molecular flexibility index (Phi) is 5.13. The third kappa shape index (κ3) is 3.92. The minimum Gasteiger partial charge on any atom is -0.506 e. The van der Waals surface area contributed by atoms with E-state index < -0.39 is 0 Å². The molecular weight excluding hydrogens is 356 g/mol. The lowest BCUT2D eigenvalue weighted by atomic mass is 10.3. The number of carbonyl (C=O) groups is 1. The molecular formula is C13H15BrN4O2S. The first kappa shape index (κ1) is 15.7. The van der Waals surface area contributed by atoms with E-state index in [0.717, 1.165) is 23.1 Å². The Hall–Kier alpha value is -1.67. The highest BCUT2D eigenvalue weighted by Gasteiger charge is 2.11. The first-order valence-electron chi connectivity index (χ1n) is 6.43. The van der Waals surface area contributed by atoms with Gasteiger partial charge in [-0.05, 0) is 36.8 Å². The molecule has 0 aliphatic carbocycles. The molecule has 0 saturated carbocycles. The first-order valence-corrected chi connectivity index (χ1v) is 7.63. The highest BCUT2D eigenvalue weighted by atomic mass is 79.9. The van der Waals surface area contributed by atoms with Gasteiger partial charge in [0, 0.05) is 10.9 Å². The molecule has 21 heavy (non-hydrogen) atoms. The first-order chi connectivity index (χ1) is 10.0. The molecule has 0 unspecified atom stereocenters. The maximum Gasteiger partial charge on any atom is 0.244 e. The summed E-state index contributed by atoms with van der Waals surface area (Å²) in [7, 11) is 0. The number of benzene rings is 1. The minimum atomic E-state index is -0.275. The fraction of sp³-hybridized carbons (Fsp3) is 0.308. The molecule has 0 atom stereocenters. The summed E-state index contributed by atoms with van der Waals surface area (Å²) in [5, 5.41) is 19.2. The molecule has 0 radical (unpaired) electrons. The van der Waals surface area contributed by atoms with Crippen molar-refractivity contribution in [2.75, 3.05) is 5.32 Å². The number of aromatic nitrogens is 3. The van der Waals surface area contributed by atoms with Crippen LogP contribution in [0.5, 0.6) is 5.75 Å². The van der Waals surface area contributed by atoms with Crippen LogP contribution in [-0.2, 0) is 17.8 Å².